The molecule has 4 rings (SSSR count). The third-order valence-corrected chi connectivity index (χ3v) is 6.25. The van der Waals surface area contributed by atoms with Crippen LogP contribution in [0.3, 0.4) is 0 Å². The number of amides is 3. The van der Waals surface area contributed by atoms with Gasteiger partial charge in [0.2, 0.25) is 12.2 Å². The number of esters is 2. The van der Waals surface area contributed by atoms with Crippen LogP contribution < -0.4 is 16.2 Å². The average Bonchev–Trinajstić information content (AvgIpc) is 3.05. The molecule has 0 fully saturated rings. The van der Waals surface area contributed by atoms with Crippen molar-refractivity contribution in [1.82, 2.24) is 10.9 Å². The summed E-state index contributed by atoms with van der Waals surface area (Å²) in [7, 11) is 0. The van der Waals surface area contributed by atoms with Crippen molar-refractivity contribution in [2.75, 3.05) is 5.32 Å². The first kappa shape index (κ1) is 31.6. The summed E-state index contributed by atoms with van der Waals surface area (Å²) in [6.45, 7) is 1.86. The molecule has 0 aliphatic heterocycles. The number of anilines is 1. The smallest absolute Gasteiger partial charge is 0.349 e. The number of carboxylic acids is 1. The van der Waals surface area contributed by atoms with Crippen molar-refractivity contribution in [3.8, 4) is 0 Å². The van der Waals surface area contributed by atoms with Crippen LogP contribution in [-0.2, 0) is 19.1 Å². The number of aliphatic carboxylic acids is 1. The zero-order valence-corrected chi connectivity index (χ0v) is 23.8. The second-order valence-corrected chi connectivity index (χ2v) is 9.57. The molecule has 45 heavy (non-hydrogen) atoms. The van der Waals surface area contributed by atoms with Crippen molar-refractivity contribution in [3.63, 3.8) is 0 Å². The Bertz CT molecular complexity index is 1710. The molecule has 3 amide bonds. The van der Waals surface area contributed by atoms with Gasteiger partial charge in [0.25, 0.3) is 17.7 Å². The van der Waals surface area contributed by atoms with Crippen LogP contribution in [0.5, 0.6) is 0 Å². The van der Waals surface area contributed by atoms with Crippen LogP contribution in [0.25, 0.3) is 0 Å². The summed E-state index contributed by atoms with van der Waals surface area (Å²) >= 11 is 0. The lowest BCUT2D eigenvalue weighted by molar-refractivity contribution is -0.159. The molecule has 0 aromatic heterocycles. The number of carbonyl (C=O) groups excluding carboxylic acids is 5. The fraction of sp³-hybridized carbons (Fsp3) is 0.0909. The van der Waals surface area contributed by atoms with Crippen LogP contribution in [0.4, 0.5) is 5.69 Å². The van der Waals surface area contributed by atoms with E-state index in [1.807, 2.05) is 18.4 Å². The molecule has 4 N–H and O–H groups in total. The third kappa shape index (κ3) is 8.61. The number of aryl methyl sites for hydroxylation is 1. The molecule has 2 atom stereocenters. The van der Waals surface area contributed by atoms with E-state index in [1.165, 1.54) is 72.8 Å². The van der Waals surface area contributed by atoms with Crippen molar-refractivity contribution in [2.24, 2.45) is 0 Å². The number of ether oxygens (including phenoxy) is 2. The van der Waals surface area contributed by atoms with E-state index in [4.69, 9.17) is 9.47 Å². The van der Waals surface area contributed by atoms with E-state index < -0.39 is 41.9 Å². The van der Waals surface area contributed by atoms with Gasteiger partial charge in [-0.1, -0.05) is 54.1 Å². The predicted molar refractivity (Wildman–Crippen MR) is 160 cm³/mol. The molecule has 12 heteroatoms. The van der Waals surface area contributed by atoms with Gasteiger partial charge in [0.15, 0.2) is 0 Å². The van der Waals surface area contributed by atoms with E-state index in [2.05, 4.69) is 10.7 Å². The lowest BCUT2D eigenvalue weighted by Gasteiger charge is -2.23. The van der Waals surface area contributed by atoms with Crippen LogP contribution in [0.15, 0.2) is 109 Å². The number of carbonyl (C=O) groups is 6. The number of carboxylic acid groups (broad SMARTS) is 1. The first-order valence-electron chi connectivity index (χ1n) is 13.5. The summed E-state index contributed by atoms with van der Waals surface area (Å²) in [6, 6.07) is 27.5. The van der Waals surface area contributed by atoms with Gasteiger partial charge in [-0.05, 0) is 67.6 Å². The lowest BCUT2D eigenvalue weighted by atomic mass is 10.1. The molecular weight excluding hydrogens is 582 g/mol. The topological polar surface area (TPSA) is 177 Å². The van der Waals surface area contributed by atoms with Gasteiger partial charge in [-0.2, -0.15) is 0 Å². The molecule has 12 nitrogen and oxygen atoms in total. The maximum atomic E-state index is 13.1. The van der Waals surface area contributed by atoms with Gasteiger partial charge in [-0.15, -0.1) is 0 Å². The Hall–Kier alpha value is -6.30. The Labute approximate surface area is 256 Å². The molecule has 0 aliphatic carbocycles. The van der Waals surface area contributed by atoms with Gasteiger partial charge in [0.1, 0.15) is 0 Å². The molecule has 228 valence electrons. The Kier molecular flexibility index (Phi) is 10.4. The summed E-state index contributed by atoms with van der Waals surface area (Å²) in [5, 5.41) is 12.5. The lowest BCUT2D eigenvalue weighted by Crippen LogP contribution is -2.54. The summed E-state index contributed by atoms with van der Waals surface area (Å²) < 4.78 is 10.3. The van der Waals surface area contributed by atoms with Gasteiger partial charge in [0, 0.05) is 16.8 Å². The van der Waals surface area contributed by atoms with Gasteiger partial charge in [-0.3, -0.25) is 25.2 Å². The van der Waals surface area contributed by atoms with Crippen LogP contribution in [-0.4, -0.2) is 52.9 Å². The number of hydrazine groups is 1. The molecule has 0 saturated heterocycles. The number of nitrogens with one attached hydrogen (secondary N) is 3. The molecule has 0 unspecified atom stereocenters. The quantitative estimate of drug-likeness (QED) is 0.155. The van der Waals surface area contributed by atoms with Crippen LogP contribution in [0.2, 0.25) is 0 Å². The number of hydrogen-bond acceptors (Lipinski definition) is 8. The number of hydrogen-bond donors (Lipinski definition) is 4. The maximum Gasteiger partial charge on any atom is 0.349 e. The largest absolute Gasteiger partial charge is 0.478 e. The highest BCUT2D eigenvalue weighted by molar-refractivity contribution is 6.05. The summed E-state index contributed by atoms with van der Waals surface area (Å²) in [6.07, 6.45) is -4.49. The summed E-state index contributed by atoms with van der Waals surface area (Å²) in [4.78, 5) is 75.9. The minimum atomic E-state index is -2.28. The highest BCUT2D eigenvalue weighted by Gasteiger charge is 2.41. The van der Waals surface area contributed by atoms with Gasteiger partial charge in [-0.25, -0.2) is 14.4 Å². The highest BCUT2D eigenvalue weighted by atomic mass is 16.6. The molecule has 0 heterocycles. The van der Waals surface area contributed by atoms with Crippen LogP contribution in [0, 0.1) is 6.92 Å². The van der Waals surface area contributed by atoms with Crippen molar-refractivity contribution in [2.45, 2.75) is 19.1 Å². The second kappa shape index (κ2) is 14.7. The van der Waals surface area contributed by atoms with Crippen molar-refractivity contribution < 1.29 is 43.3 Å². The molecule has 0 saturated carbocycles. The van der Waals surface area contributed by atoms with Crippen molar-refractivity contribution in [3.05, 3.63) is 137 Å². The number of benzene rings is 4. The Balaban J connectivity index is 1.45. The average molecular weight is 610 g/mol. The molecule has 0 spiro atoms. The monoisotopic (exact) mass is 609 g/mol. The molecule has 0 radical (unpaired) electrons. The van der Waals surface area contributed by atoms with Gasteiger partial charge >= 0.3 is 17.9 Å². The molecule has 4 aromatic carbocycles. The normalized spacial score (nSPS) is 11.7. The van der Waals surface area contributed by atoms with Crippen LogP contribution in [0.1, 0.15) is 47.0 Å². The van der Waals surface area contributed by atoms with Crippen LogP contribution >= 0.6 is 0 Å². The van der Waals surface area contributed by atoms with E-state index in [0.29, 0.717) is 11.3 Å². The van der Waals surface area contributed by atoms with E-state index in [1.54, 1.807) is 30.3 Å². The fourth-order valence-corrected chi connectivity index (χ4v) is 3.97. The van der Waals surface area contributed by atoms with E-state index >= 15 is 0 Å². The Morgan fingerprint density at radius 3 is 1.64 bits per heavy atom. The number of rotatable bonds is 10. The summed E-state index contributed by atoms with van der Waals surface area (Å²) in [5.41, 5.74) is 5.95. The molecular formula is C33H27N3O9. The van der Waals surface area contributed by atoms with Crippen molar-refractivity contribution >= 4 is 41.3 Å². The Morgan fingerprint density at radius 2 is 1.11 bits per heavy atom. The van der Waals surface area contributed by atoms with E-state index in [0.717, 1.165) is 5.56 Å². The predicted octanol–water partition coefficient (Wildman–Crippen LogP) is 3.54. The summed E-state index contributed by atoms with van der Waals surface area (Å²) in [5.74, 6) is -6.40. The van der Waals surface area contributed by atoms with E-state index in [-0.39, 0.29) is 22.6 Å². The zero-order chi connectivity index (χ0) is 32.3. The molecule has 0 aliphatic rings. The molecule has 0 bridgehead atoms. The maximum absolute atomic E-state index is 13.1. The van der Waals surface area contributed by atoms with Gasteiger partial charge < -0.3 is 19.9 Å². The Morgan fingerprint density at radius 1 is 0.578 bits per heavy atom. The first-order chi connectivity index (χ1) is 21.6. The molecule has 4 aromatic rings. The van der Waals surface area contributed by atoms with E-state index in [9.17, 15) is 33.9 Å². The SMILES string of the molecule is Cc1cccc(C(=O)Nc2ccc(C(=O)NNC(=O)[C@@H](OC(=O)c3ccccc3)[C@H](OC(=O)c3ccccc3)C(=O)O)cc2)c1. The first-order valence-corrected chi connectivity index (χ1v) is 13.5. The third-order valence-electron chi connectivity index (χ3n) is 6.25. The minimum Gasteiger partial charge on any atom is -0.478 e. The van der Waals surface area contributed by atoms with Gasteiger partial charge in [0.05, 0.1) is 11.1 Å². The standard InChI is InChI=1S/C33H27N3O9/c1-20-9-8-14-24(19-20)28(37)34-25-17-15-21(16-18-25)29(38)35-36-30(39)26(44-32(42)22-10-4-2-5-11-22)27(31(40)41)45-33(43)23-12-6-3-7-13-23/h2-19,26-27H,1H3,(H,34,37)(H,35,38)(H,36,39)(H,40,41)/t26-,27-/m0/s1. The second-order valence-electron chi connectivity index (χ2n) is 9.57. The fourth-order valence-electron chi connectivity index (χ4n) is 3.97. The highest BCUT2D eigenvalue weighted by Crippen LogP contribution is 2.15. The zero-order valence-electron chi connectivity index (χ0n) is 23.8. The minimum absolute atomic E-state index is 0.00700. The van der Waals surface area contributed by atoms with Crippen molar-refractivity contribution in [1.29, 1.82) is 0 Å².